The molecule has 1 aromatic rings. The van der Waals surface area contributed by atoms with Crippen LogP contribution in [0.3, 0.4) is 0 Å². The van der Waals surface area contributed by atoms with Crippen LogP contribution in [0.1, 0.15) is 28.8 Å². The Morgan fingerprint density at radius 2 is 2.28 bits per heavy atom. The zero-order chi connectivity index (χ0) is 12.8. The molecule has 1 atom stereocenters. The van der Waals surface area contributed by atoms with E-state index in [9.17, 15) is 9.59 Å². The number of halogens is 1. The van der Waals surface area contributed by atoms with Gasteiger partial charge in [0.1, 0.15) is 16.7 Å². The van der Waals surface area contributed by atoms with E-state index in [4.69, 9.17) is 5.73 Å². The van der Waals surface area contributed by atoms with Gasteiger partial charge in [-0.3, -0.25) is 4.79 Å². The van der Waals surface area contributed by atoms with Crippen molar-refractivity contribution in [1.29, 1.82) is 0 Å². The summed E-state index contributed by atoms with van der Waals surface area (Å²) in [4.78, 5) is 27.1. The van der Waals surface area contributed by atoms with Crippen molar-refractivity contribution in [2.75, 3.05) is 7.11 Å². The standard InChI is InChI=1S/C10H15N3O3S.ClH/c1-3-6(10(15)16-2)13-9(14)7-5-17-8(4-11)12-7;/h5-6H,3-4,11H2,1-2H3,(H,13,14);1H. The van der Waals surface area contributed by atoms with Crippen LogP contribution in [0.15, 0.2) is 5.38 Å². The van der Waals surface area contributed by atoms with Crippen molar-refractivity contribution in [3.05, 3.63) is 16.1 Å². The molecule has 1 heterocycles. The molecule has 0 aliphatic rings. The van der Waals surface area contributed by atoms with E-state index in [0.717, 1.165) is 0 Å². The molecule has 0 fully saturated rings. The van der Waals surface area contributed by atoms with Gasteiger partial charge in [-0.15, -0.1) is 23.7 Å². The Labute approximate surface area is 115 Å². The second-order valence-electron chi connectivity index (χ2n) is 3.29. The molecule has 1 rings (SSSR count). The minimum absolute atomic E-state index is 0. The van der Waals surface area contributed by atoms with Gasteiger partial charge in [-0.1, -0.05) is 6.92 Å². The van der Waals surface area contributed by atoms with Crippen LogP contribution in [0, 0.1) is 0 Å². The fraction of sp³-hybridized carbons (Fsp3) is 0.500. The lowest BCUT2D eigenvalue weighted by Gasteiger charge is -2.13. The van der Waals surface area contributed by atoms with Gasteiger partial charge in [0.05, 0.1) is 7.11 Å². The topological polar surface area (TPSA) is 94.3 Å². The lowest BCUT2D eigenvalue weighted by Crippen LogP contribution is -2.41. The van der Waals surface area contributed by atoms with E-state index in [0.29, 0.717) is 18.0 Å². The highest BCUT2D eigenvalue weighted by molar-refractivity contribution is 7.09. The molecule has 0 bridgehead atoms. The summed E-state index contributed by atoms with van der Waals surface area (Å²) in [5, 5.41) is 4.86. The molecule has 1 amide bonds. The fourth-order valence-electron chi connectivity index (χ4n) is 1.21. The number of amides is 1. The number of nitrogens with two attached hydrogens (primary N) is 1. The second kappa shape index (κ2) is 8.02. The summed E-state index contributed by atoms with van der Waals surface area (Å²) in [6.45, 7) is 2.08. The van der Waals surface area contributed by atoms with Gasteiger partial charge in [-0.05, 0) is 6.42 Å². The van der Waals surface area contributed by atoms with Gasteiger partial charge in [0.25, 0.3) is 5.91 Å². The number of carbonyl (C=O) groups is 2. The third kappa shape index (κ3) is 4.25. The number of carbonyl (C=O) groups excluding carboxylic acids is 2. The summed E-state index contributed by atoms with van der Waals surface area (Å²) in [5.74, 6) is -0.853. The van der Waals surface area contributed by atoms with Crippen molar-refractivity contribution in [1.82, 2.24) is 10.3 Å². The largest absolute Gasteiger partial charge is 0.467 e. The number of ether oxygens (including phenoxy) is 1. The molecule has 6 nitrogen and oxygen atoms in total. The minimum atomic E-state index is -0.643. The smallest absolute Gasteiger partial charge is 0.328 e. The van der Waals surface area contributed by atoms with Crippen molar-refractivity contribution in [3.8, 4) is 0 Å². The van der Waals surface area contributed by atoms with Crippen LogP contribution in [-0.2, 0) is 16.1 Å². The monoisotopic (exact) mass is 293 g/mol. The number of rotatable bonds is 5. The summed E-state index contributed by atoms with van der Waals surface area (Å²) in [7, 11) is 1.28. The predicted molar refractivity (Wildman–Crippen MR) is 70.8 cm³/mol. The third-order valence-corrected chi connectivity index (χ3v) is 3.03. The van der Waals surface area contributed by atoms with Gasteiger partial charge >= 0.3 is 5.97 Å². The summed E-state index contributed by atoms with van der Waals surface area (Å²) in [6, 6.07) is -0.643. The Morgan fingerprint density at radius 3 is 2.72 bits per heavy atom. The molecule has 0 radical (unpaired) electrons. The maximum Gasteiger partial charge on any atom is 0.328 e. The third-order valence-electron chi connectivity index (χ3n) is 2.16. The van der Waals surface area contributed by atoms with Crippen LogP contribution in [0.4, 0.5) is 0 Å². The van der Waals surface area contributed by atoms with Gasteiger partial charge in [-0.25, -0.2) is 9.78 Å². The maximum absolute atomic E-state index is 11.7. The predicted octanol–water partition coefficient (Wildman–Crippen LogP) is 0.705. The molecule has 18 heavy (non-hydrogen) atoms. The highest BCUT2D eigenvalue weighted by atomic mass is 35.5. The van der Waals surface area contributed by atoms with Crippen LogP contribution in [0.2, 0.25) is 0 Å². The summed E-state index contributed by atoms with van der Waals surface area (Å²) in [6.07, 6.45) is 0.465. The Bertz CT molecular complexity index is 411. The second-order valence-corrected chi connectivity index (χ2v) is 4.23. The van der Waals surface area contributed by atoms with E-state index in [2.05, 4.69) is 15.0 Å². The normalized spacial score (nSPS) is 11.3. The molecule has 0 aromatic carbocycles. The Balaban J connectivity index is 0.00000289. The molecule has 8 heteroatoms. The average molecular weight is 294 g/mol. The van der Waals surface area contributed by atoms with Crippen LogP contribution in [0.5, 0.6) is 0 Å². The van der Waals surface area contributed by atoms with Gasteiger partial charge < -0.3 is 15.8 Å². The first-order chi connectivity index (χ1) is 8.12. The number of methoxy groups -OCH3 is 1. The highest BCUT2D eigenvalue weighted by Crippen LogP contribution is 2.09. The molecule has 1 aromatic heterocycles. The van der Waals surface area contributed by atoms with Crippen LogP contribution >= 0.6 is 23.7 Å². The number of hydrogen-bond donors (Lipinski definition) is 2. The van der Waals surface area contributed by atoms with E-state index < -0.39 is 17.9 Å². The minimum Gasteiger partial charge on any atom is -0.467 e. The lowest BCUT2D eigenvalue weighted by atomic mass is 10.2. The van der Waals surface area contributed by atoms with Crippen molar-refractivity contribution >= 4 is 35.6 Å². The molecule has 0 saturated carbocycles. The number of aromatic nitrogens is 1. The lowest BCUT2D eigenvalue weighted by molar-refractivity contribution is -0.142. The zero-order valence-electron chi connectivity index (χ0n) is 10.1. The number of esters is 1. The Morgan fingerprint density at radius 1 is 1.61 bits per heavy atom. The van der Waals surface area contributed by atoms with Gasteiger partial charge in [0.15, 0.2) is 0 Å². The average Bonchev–Trinajstić information content (AvgIpc) is 2.83. The Kier molecular flexibility index (Phi) is 7.49. The molecule has 0 saturated heterocycles. The zero-order valence-corrected chi connectivity index (χ0v) is 11.8. The first-order valence-corrected chi connectivity index (χ1v) is 6.03. The van der Waals surface area contributed by atoms with Gasteiger partial charge in [0, 0.05) is 11.9 Å². The van der Waals surface area contributed by atoms with E-state index in [1.165, 1.54) is 18.4 Å². The fourth-order valence-corrected chi connectivity index (χ4v) is 1.87. The molecular weight excluding hydrogens is 278 g/mol. The maximum atomic E-state index is 11.7. The van der Waals surface area contributed by atoms with Crippen molar-refractivity contribution < 1.29 is 14.3 Å². The first-order valence-electron chi connectivity index (χ1n) is 5.15. The number of nitrogens with one attached hydrogen (secondary N) is 1. The van der Waals surface area contributed by atoms with Crippen LogP contribution in [0.25, 0.3) is 0 Å². The molecule has 102 valence electrons. The van der Waals surface area contributed by atoms with Crippen molar-refractivity contribution in [2.45, 2.75) is 25.9 Å². The van der Waals surface area contributed by atoms with Crippen molar-refractivity contribution in [2.24, 2.45) is 5.73 Å². The molecule has 0 aliphatic heterocycles. The van der Waals surface area contributed by atoms with E-state index in [1.54, 1.807) is 12.3 Å². The molecule has 0 spiro atoms. The van der Waals surface area contributed by atoms with E-state index >= 15 is 0 Å². The van der Waals surface area contributed by atoms with Gasteiger partial charge in [0.2, 0.25) is 0 Å². The van der Waals surface area contributed by atoms with E-state index in [-0.39, 0.29) is 18.1 Å². The molecule has 0 aliphatic carbocycles. The van der Waals surface area contributed by atoms with E-state index in [1.807, 2.05) is 0 Å². The molecular formula is C10H16ClN3O3S. The van der Waals surface area contributed by atoms with Crippen molar-refractivity contribution in [3.63, 3.8) is 0 Å². The SMILES string of the molecule is CCC(NC(=O)c1csc(CN)n1)C(=O)OC.Cl. The number of nitrogens with zero attached hydrogens (tertiary/aromatic N) is 1. The number of thiazole rings is 1. The van der Waals surface area contributed by atoms with Gasteiger partial charge in [-0.2, -0.15) is 0 Å². The molecule has 1 unspecified atom stereocenters. The number of hydrogen-bond acceptors (Lipinski definition) is 6. The van der Waals surface area contributed by atoms with Crippen LogP contribution in [-0.4, -0.2) is 30.0 Å². The first kappa shape index (κ1) is 16.8. The quantitative estimate of drug-likeness (QED) is 0.780. The summed E-state index contributed by atoms with van der Waals surface area (Å²) >= 11 is 1.31. The summed E-state index contributed by atoms with van der Waals surface area (Å²) < 4.78 is 4.57. The Hall–Kier alpha value is -1.18. The van der Waals surface area contributed by atoms with Crippen LogP contribution < -0.4 is 11.1 Å². The summed E-state index contributed by atoms with van der Waals surface area (Å²) in [5.41, 5.74) is 5.68. The highest BCUT2D eigenvalue weighted by Gasteiger charge is 2.21. The molecule has 3 N–H and O–H groups in total.